The minimum atomic E-state index is -1.02. The van der Waals surface area contributed by atoms with Gasteiger partial charge in [-0.3, -0.25) is 4.79 Å². The molecule has 2 N–H and O–H groups in total. The Morgan fingerprint density at radius 2 is 2.00 bits per heavy atom. The minimum Gasteiger partial charge on any atom is -0.479 e. The van der Waals surface area contributed by atoms with E-state index in [9.17, 15) is 9.59 Å². The third-order valence-electron chi connectivity index (χ3n) is 2.21. The van der Waals surface area contributed by atoms with Crippen LogP contribution in [0, 0.1) is 0 Å². The van der Waals surface area contributed by atoms with Gasteiger partial charge in [-0.2, -0.15) is 0 Å². The first-order chi connectivity index (χ1) is 8.50. The summed E-state index contributed by atoms with van der Waals surface area (Å²) in [5.41, 5.74) is 0.546. The van der Waals surface area contributed by atoms with Gasteiger partial charge in [0, 0.05) is 16.6 Å². The lowest BCUT2D eigenvalue weighted by atomic mass is 10.2. The van der Waals surface area contributed by atoms with Crippen LogP contribution >= 0.6 is 15.9 Å². The Morgan fingerprint density at radius 1 is 1.39 bits per heavy atom. The van der Waals surface area contributed by atoms with E-state index in [-0.39, 0.29) is 19.1 Å². The first kappa shape index (κ1) is 14.7. The van der Waals surface area contributed by atoms with Gasteiger partial charge in [0.15, 0.2) is 6.10 Å². The fourth-order valence-electron chi connectivity index (χ4n) is 1.17. The van der Waals surface area contributed by atoms with Crippen molar-refractivity contribution in [3.05, 3.63) is 34.3 Å². The second-order valence-corrected chi connectivity index (χ2v) is 4.53. The van der Waals surface area contributed by atoms with Crippen molar-refractivity contribution in [3.63, 3.8) is 0 Å². The maximum atomic E-state index is 11.6. The van der Waals surface area contributed by atoms with Crippen molar-refractivity contribution < 1.29 is 19.4 Å². The highest BCUT2D eigenvalue weighted by Crippen LogP contribution is 2.10. The molecule has 1 unspecified atom stereocenters. The molecule has 98 valence electrons. The molecule has 0 bridgehead atoms. The molecular formula is C12H14BrNO4. The van der Waals surface area contributed by atoms with Gasteiger partial charge in [0.25, 0.3) is 5.91 Å². The maximum absolute atomic E-state index is 11.6. The van der Waals surface area contributed by atoms with Crippen molar-refractivity contribution in [3.8, 4) is 0 Å². The van der Waals surface area contributed by atoms with Gasteiger partial charge in [0.1, 0.15) is 0 Å². The zero-order valence-electron chi connectivity index (χ0n) is 9.85. The van der Waals surface area contributed by atoms with Crippen LogP contribution in [0.5, 0.6) is 0 Å². The number of amides is 1. The van der Waals surface area contributed by atoms with E-state index in [1.54, 1.807) is 24.3 Å². The molecule has 0 aliphatic rings. The molecule has 1 aromatic rings. The lowest BCUT2D eigenvalue weighted by Crippen LogP contribution is -2.30. The monoisotopic (exact) mass is 315 g/mol. The fraction of sp³-hybridized carbons (Fsp3) is 0.333. The van der Waals surface area contributed by atoms with Crippen LogP contribution in [-0.4, -0.2) is 36.2 Å². The molecule has 0 aliphatic carbocycles. The number of rotatable bonds is 6. The Balaban J connectivity index is 2.29. The van der Waals surface area contributed by atoms with E-state index >= 15 is 0 Å². The molecule has 1 rings (SSSR count). The summed E-state index contributed by atoms with van der Waals surface area (Å²) >= 11 is 3.28. The van der Waals surface area contributed by atoms with E-state index < -0.39 is 12.1 Å². The molecule has 0 aromatic heterocycles. The SMILES string of the molecule is CC(OCCNC(=O)c1ccc(Br)cc1)C(=O)O. The number of carbonyl (C=O) groups excluding carboxylic acids is 1. The van der Waals surface area contributed by atoms with Crippen LogP contribution in [0.3, 0.4) is 0 Å². The Bertz CT molecular complexity index is 419. The predicted molar refractivity (Wildman–Crippen MR) is 69.5 cm³/mol. The zero-order chi connectivity index (χ0) is 13.5. The summed E-state index contributed by atoms with van der Waals surface area (Å²) in [6.07, 6.45) is -0.866. The van der Waals surface area contributed by atoms with Gasteiger partial charge in [0.05, 0.1) is 6.61 Å². The van der Waals surface area contributed by atoms with Crippen LogP contribution in [0.15, 0.2) is 28.7 Å². The number of nitrogens with one attached hydrogen (secondary N) is 1. The molecule has 5 nitrogen and oxygen atoms in total. The highest BCUT2D eigenvalue weighted by Gasteiger charge is 2.10. The van der Waals surface area contributed by atoms with Gasteiger partial charge in [-0.25, -0.2) is 4.79 Å². The first-order valence-electron chi connectivity index (χ1n) is 5.39. The van der Waals surface area contributed by atoms with E-state index in [2.05, 4.69) is 21.2 Å². The standard InChI is InChI=1S/C12H14BrNO4/c1-8(12(16)17)18-7-6-14-11(15)9-2-4-10(13)5-3-9/h2-5,8H,6-7H2,1H3,(H,14,15)(H,16,17). The molecule has 0 heterocycles. The Morgan fingerprint density at radius 3 is 2.56 bits per heavy atom. The summed E-state index contributed by atoms with van der Waals surface area (Å²) in [5, 5.41) is 11.2. The van der Waals surface area contributed by atoms with E-state index in [1.807, 2.05) is 0 Å². The number of hydrogen-bond donors (Lipinski definition) is 2. The molecule has 1 atom stereocenters. The maximum Gasteiger partial charge on any atom is 0.332 e. The van der Waals surface area contributed by atoms with Crippen molar-refractivity contribution in [1.82, 2.24) is 5.32 Å². The third kappa shape index (κ3) is 4.85. The van der Waals surface area contributed by atoms with Crippen LogP contribution in [0.4, 0.5) is 0 Å². The van der Waals surface area contributed by atoms with Crippen LogP contribution < -0.4 is 5.32 Å². The normalized spacial score (nSPS) is 11.9. The summed E-state index contributed by atoms with van der Waals surface area (Å²) in [4.78, 5) is 22.1. The second-order valence-electron chi connectivity index (χ2n) is 3.61. The summed E-state index contributed by atoms with van der Waals surface area (Å²) < 4.78 is 5.89. The number of benzene rings is 1. The average Bonchev–Trinajstić information content (AvgIpc) is 2.34. The molecular weight excluding hydrogens is 302 g/mol. The number of halogens is 1. The van der Waals surface area contributed by atoms with Crippen LogP contribution in [-0.2, 0) is 9.53 Å². The number of aliphatic carboxylic acids is 1. The predicted octanol–water partition coefficient (Wildman–Crippen LogP) is 1.67. The molecule has 1 aromatic carbocycles. The largest absolute Gasteiger partial charge is 0.479 e. The number of carbonyl (C=O) groups is 2. The summed E-state index contributed by atoms with van der Waals surface area (Å²) in [6.45, 7) is 1.88. The van der Waals surface area contributed by atoms with Gasteiger partial charge in [-0.15, -0.1) is 0 Å². The average molecular weight is 316 g/mol. The molecule has 18 heavy (non-hydrogen) atoms. The summed E-state index contributed by atoms with van der Waals surface area (Å²) in [5.74, 6) is -1.23. The second kappa shape index (κ2) is 7.13. The van der Waals surface area contributed by atoms with Crippen molar-refractivity contribution in [1.29, 1.82) is 0 Å². The highest BCUT2D eigenvalue weighted by molar-refractivity contribution is 9.10. The van der Waals surface area contributed by atoms with Gasteiger partial charge < -0.3 is 15.2 Å². The molecule has 0 fully saturated rings. The Kier molecular flexibility index (Phi) is 5.80. The van der Waals surface area contributed by atoms with Gasteiger partial charge in [0.2, 0.25) is 0 Å². The van der Waals surface area contributed by atoms with Gasteiger partial charge in [-0.1, -0.05) is 15.9 Å². The molecule has 0 saturated carbocycles. The van der Waals surface area contributed by atoms with E-state index in [1.165, 1.54) is 6.92 Å². The Labute approximate surface area is 113 Å². The molecule has 0 spiro atoms. The lowest BCUT2D eigenvalue weighted by molar-refractivity contribution is -0.148. The highest BCUT2D eigenvalue weighted by atomic mass is 79.9. The van der Waals surface area contributed by atoms with Gasteiger partial charge >= 0.3 is 5.97 Å². The molecule has 0 saturated heterocycles. The number of hydrogen-bond acceptors (Lipinski definition) is 3. The molecule has 1 amide bonds. The van der Waals surface area contributed by atoms with Crippen LogP contribution in [0.2, 0.25) is 0 Å². The van der Waals surface area contributed by atoms with E-state index in [0.717, 1.165) is 4.47 Å². The van der Waals surface area contributed by atoms with Crippen molar-refractivity contribution >= 4 is 27.8 Å². The molecule has 0 radical (unpaired) electrons. The van der Waals surface area contributed by atoms with Crippen molar-refractivity contribution in [2.75, 3.05) is 13.2 Å². The first-order valence-corrected chi connectivity index (χ1v) is 6.18. The third-order valence-corrected chi connectivity index (χ3v) is 2.74. The van der Waals surface area contributed by atoms with E-state index in [4.69, 9.17) is 9.84 Å². The smallest absolute Gasteiger partial charge is 0.332 e. The topological polar surface area (TPSA) is 75.6 Å². The Hall–Kier alpha value is -1.40. The van der Waals surface area contributed by atoms with Crippen LogP contribution in [0.25, 0.3) is 0 Å². The van der Waals surface area contributed by atoms with Crippen molar-refractivity contribution in [2.45, 2.75) is 13.0 Å². The summed E-state index contributed by atoms with van der Waals surface area (Å²) in [6, 6.07) is 6.94. The minimum absolute atomic E-state index is 0.162. The lowest BCUT2D eigenvalue weighted by Gasteiger charge is -2.09. The number of ether oxygens (including phenoxy) is 1. The number of carboxylic acids is 1. The molecule has 0 aliphatic heterocycles. The zero-order valence-corrected chi connectivity index (χ0v) is 11.4. The fourth-order valence-corrected chi connectivity index (χ4v) is 1.44. The quantitative estimate of drug-likeness (QED) is 0.783. The number of carboxylic acid groups (broad SMARTS) is 1. The van der Waals surface area contributed by atoms with Crippen LogP contribution in [0.1, 0.15) is 17.3 Å². The summed E-state index contributed by atoms with van der Waals surface area (Å²) in [7, 11) is 0. The molecule has 6 heteroatoms. The van der Waals surface area contributed by atoms with Crippen molar-refractivity contribution in [2.24, 2.45) is 0 Å². The van der Waals surface area contributed by atoms with E-state index in [0.29, 0.717) is 5.56 Å². The van der Waals surface area contributed by atoms with Gasteiger partial charge in [-0.05, 0) is 31.2 Å².